The summed E-state index contributed by atoms with van der Waals surface area (Å²) < 4.78 is 4.74. The van der Waals surface area contributed by atoms with Crippen molar-refractivity contribution in [2.75, 3.05) is 20.2 Å². The van der Waals surface area contributed by atoms with Gasteiger partial charge in [0, 0.05) is 19.0 Å². The average Bonchev–Trinajstić information content (AvgIpc) is 2.82. The SMILES string of the molecule is CC[C@H]1CN[C@@H]1C(=O)N[C@@H](C[C@@H]1CCNC1=O)C(=O)OC. The number of amides is 2. The molecule has 2 amide bonds. The minimum atomic E-state index is -0.767. The van der Waals surface area contributed by atoms with Crippen molar-refractivity contribution in [3.63, 3.8) is 0 Å². The second kappa shape index (κ2) is 6.89. The van der Waals surface area contributed by atoms with Gasteiger partial charge in [-0.25, -0.2) is 4.79 Å². The van der Waals surface area contributed by atoms with Gasteiger partial charge in [-0.2, -0.15) is 0 Å². The van der Waals surface area contributed by atoms with Gasteiger partial charge in [-0.3, -0.25) is 9.59 Å². The number of nitrogens with one attached hydrogen (secondary N) is 3. The maximum atomic E-state index is 12.2. The maximum absolute atomic E-state index is 12.2. The van der Waals surface area contributed by atoms with Crippen molar-refractivity contribution in [1.82, 2.24) is 16.0 Å². The fourth-order valence-electron chi connectivity index (χ4n) is 2.86. The van der Waals surface area contributed by atoms with Gasteiger partial charge in [-0.05, 0) is 18.8 Å². The lowest BCUT2D eigenvalue weighted by Gasteiger charge is -2.37. The van der Waals surface area contributed by atoms with Crippen molar-refractivity contribution in [1.29, 1.82) is 0 Å². The van der Waals surface area contributed by atoms with Crippen molar-refractivity contribution in [2.24, 2.45) is 11.8 Å². The zero-order valence-electron chi connectivity index (χ0n) is 12.5. The number of rotatable bonds is 6. The highest BCUT2D eigenvalue weighted by Crippen LogP contribution is 2.19. The molecule has 7 heteroatoms. The quantitative estimate of drug-likeness (QED) is 0.556. The Kier molecular flexibility index (Phi) is 5.17. The van der Waals surface area contributed by atoms with Gasteiger partial charge in [-0.15, -0.1) is 0 Å². The number of hydrogen-bond donors (Lipinski definition) is 3. The monoisotopic (exact) mass is 297 g/mol. The minimum Gasteiger partial charge on any atom is -0.467 e. The van der Waals surface area contributed by atoms with Crippen LogP contribution in [0.15, 0.2) is 0 Å². The van der Waals surface area contributed by atoms with Crippen LogP contribution in [0.1, 0.15) is 26.2 Å². The van der Waals surface area contributed by atoms with E-state index < -0.39 is 12.0 Å². The maximum Gasteiger partial charge on any atom is 0.328 e. The molecule has 21 heavy (non-hydrogen) atoms. The van der Waals surface area contributed by atoms with E-state index in [1.165, 1.54) is 7.11 Å². The lowest BCUT2D eigenvalue weighted by Crippen LogP contribution is -2.62. The summed E-state index contributed by atoms with van der Waals surface area (Å²) in [6.45, 7) is 3.47. The van der Waals surface area contributed by atoms with Crippen LogP contribution >= 0.6 is 0 Å². The van der Waals surface area contributed by atoms with Crippen LogP contribution in [0.2, 0.25) is 0 Å². The summed E-state index contributed by atoms with van der Waals surface area (Å²) in [5, 5.41) is 8.52. The third kappa shape index (κ3) is 3.53. The molecule has 2 fully saturated rings. The number of carbonyl (C=O) groups excluding carboxylic acids is 3. The molecule has 2 heterocycles. The lowest BCUT2D eigenvalue weighted by atomic mass is 9.88. The number of ether oxygens (including phenoxy) is 1. The van der Waals surface area contributed by atoms with Crippen molar-refractivity contribution in [3.05, 3.63) is 0 Å². The minimum absolute atomic E-state index is 0.0636. The van der Waals surface area contributed by atoms with E-state index in [-0.39, 0.29) is 30.2 Å². The Hall–Kier alpha value is -1.63. The zero-order valence-corrected chi connectivity index (χ0v) is 12.5. The summed E-state index contributed by atoms with van der Waals surface area (Å²) in [4.78, 5) is 35.6. The molecule has 0 spiro atoms. The number of carbonyl (C=O) groups is 3. The molecule has 2 aliphatic rings. The van der Waals surface area contributed by atoms with Gasteiger partial charge < -0.3 is 20.7 Å². The van der Waals surface area contributed by atoms with Crippen LogP contribution in [0.4, 0.5) is 0 Å². The van der Waals surface area contributed by atoms with Crippen LogP contribution in [-0.4, -0.2) is 50.1 Å². The summed E-state index contributed by atoms with van der Waals surface area (Å²) in [6.07, 6.45) is 1.88. The van der Waals surface area contributed by atoms with Gasteiger partial charge in [0.25, 0.3) is 0 Å². The highest BCUT2D eigenvalue weighted by atomic mass is 16.5. The van der Waals surface area contributed by atoms with Gasteiger partial charge in [0.1, 0.15) is 6.04 Å². The molecule has 7 nitrogen and oxygen atoms in total. The van der Waals surface area contributed by atoms with Gasteiger partial charge in [0.05, 0.1) is 13.2 Å². The molecule has 0 aromatic carbocycles. The Morgan fingerprint density at radius 3 is 2.71 bits per heavy atom. The topological polar surface area (TPSA) is 96.5 Å². The van der Waals surface area contributed by atoms with E-state index in [2.05, 4.69) is 16.0 Å². The van der Waals surface area contributed by atoms with Crippen LogP contribution in [0.25, 0.3) is 0 Å². The van der Waals surface area contributed by atoms with E-state index in [1.54, 1.807) is 0 Å². The lowest BCUT2D eigenvalue weighted by molar-refractivity contribution is -0.146. The smallest absolute Gasteiger partial charge is 0.328 e. The molecule has 0 aromatic heterocycles. The molecule has 0 unspecified atom stereocenters. The Balaban J connectivity index is 1.94. The Bertz CT molecular complexity index is 424. The highest BCUT2D eigenvalue weighted by Gasteiger charge is 2.38. The van der Waals surface area contributed by atoms with E-state index in [0.29, 0.717) is 18.9 Å². The molecular weight excluding hydrogens is 274 g/mol. The molecule has 2 saturated heterocycles. The first kappa shape index (κ1) is 15.8. The summed E-state index contributed by atoms with van der Waals surface area (Å²) in [7, 11) is 1.28. The van der Waals surface area contributed by atoms with E-state index in [1.807, 2.05) is 6.92 Å². The van der Waals surface area contributed by atoms with Crippen molar-refractivity contribution < 1.29 is 19.1 Å². The first-order valence-electron chi connectivity index (χ1n) is 7.46. The predicted molar refractivity (Wildman–Crippen MR) is 75.3 cm³/mol. The number of methoxy groups -OCH3 is 1. The average molecular weight is 297 g/mol. The van der Waals surface area contributed by atoms with Gasteiger partial charge in [0.15, 0.2) is 0 Å². The van der Waals surface area contributed by atoms with Crippen molar-refractivity contribution in [3.8, 4) is 0 Å². The molecule has 0 aliphatic carbocycles. The van der Waals surface area contributed by atoms with Crippen molar-refractivity contribution >= 4 is 17.8 Å². The molecule has 2 rings (SSSR count). The Morgan fingerprint density at radius 2 is 2.24 bits per heavy atom. The molecule has 0 saturated carbocycles. The van der Waals surface area contributed by atoms with Crippen LogP contribution in [0.3, 0.4) is 0 Å². The number of esters is 1. The van der Waals surface area contributed by atoms with E-state index in [0.717, 1.165) is 13.0 Å². The molecule has 0 aromatic rings. The predicted octanol–water partition coefficient (Wildman–Crippen LogP) is -0.832. The fraction of sp³-hybridized carbons (Fsp3) is 0.786. The summed E-state index contributed by atoms with van der Waals surface area (Å²) in [5.74, 6) is -0.701. The number of hydrogen-bond acceptors (Lipinski definition) is 5. The fourth-order valence-corrected chi connectivity index (χ4v) is 2.86. The summed E-state index contributed by atoms with van der Waals surface area (Å²) in [5.41, 5.74) is 0. The largest absolute Gasteiger partial charge is 0.467 e. The molecule has 118 valence electrons. The van der Waals surface area contributed by atoms with Crippen LogP contribution in [0, 0.1) is 11.8 Å². The highest BCUT2D eigenvalue weighted by molar-refractivity contribution is 5.89. The van der Waals surface area contributed by atoms with E-state index in [9.17, 15) is 14.4 Å². The first-order valence-corrected chi connectivity index (χ1v) is 7.46. The standard InChI is InChI=1S/C14H23N3O4/c1-3-8-7-16-11(8)13(19)17-10(14(20)21-2)6-9-4-5-15-12(9)18/h8-11,16H,3-7H2,1-2H3,(H,15,18)(H,17,19)/t8-,9-,10-,11-/m0/s1. The second-order valence-corrected chi connectivity index (χ2v) is 5.65. The first-order chi connectivity index (χ1) is 10.1. The second-order valence-electron chi connectivity index (χ2n) is 5.65. The Morgan fingerprint density at radius 1 is 1.48 bits per heavy atom. The third-order valence-electron chi connectivity index (χ3n) is 4.36. The van der Waals surface area contributed by atoms with Gasteiger partial charge in [0.2, 0.25) is 11.8 Å². The molecule has 4 atom stereocenters. The van der Waals surface area contributed by atoms with Crippen LogP contribution in [0.5, 0.6) is 0 Å². The molecular formula is C14H23N3O4. The summed E-state index contributed by atoms with van der Waals surface area (Å²) >= 11 is 0. The van der Waals surface area contributed by atoms with Gasteiger partial charge >= 0.3 is 5.97 Å². The molecule has 2 aliphatic heterocycles. The van der Waals surface area contributed by atoms with E-state index in [4.69, 9.17) is 4.74 Å². The van der Waals surface area contributed by atoms with E-state index >= 15 is 0 Å². The summed E-state index contributed by atoms with van der Waals surface area (Å²) in [6, 6.07) is -1.02. The normalized spacial score (nSPS) is 29.2. The molecule has 0 bridgehead atoms. The Labute approximate surface area is 124 Å². The van der Waals surface area contributed by atoms with Crippen LogP contribution < -0.4 is 16.0 Å². The zero-order chi connectivity index (χ0) is 15.4. The van der Waals surface area contributed by atoms with Crippen LogP contribution in [-0.2, 0) is 19.1 Å². The third-order valence-corrected chi connectivity index (χ3v) is 4.36. The molecule has 0 radical (unpaired) electrons. The van der Waals surface area contributed by atoms with Crippen molar-refractivity contribution in [2.45, 2.75) is 38.3 Å². The van der Waals surface area contributed by atoms with Gasteiger partial charge in [-0.1, -0.05) is 13.3 Å². The molecule has 3 N–H and O–H groups in total.